The van der Waals surface area contributed by atoms with Gasteiger partial charge in [0.15, 0.2) is 0 Å². The third-order valence-corrected chi connectivity index (χ3v) is 3.61. The number of nitrogens with one attached hydrogen (secondary N) is 1. The fourth-order valence-corrected chi connectivity index (χ4v) is 2.68. The second kappa shape index (κ2) is 7.34. The van der Waals surface area contributed by atoms with Gasteiger partial charge in [0.25, 0.3) is 0 Å². The smallest absolute Gasteiger partial charge is 0.0753 e. The van der Waals surface area contributed by atoms with Crippen molar-refractivity contribution >= 4 is 0 Å². The van der Waals surface area contributed by atoms with Gasteiger partial charge in [0.1, 0.15) is 0 Å². The minimum atomic E-state index is -0.0469. The van der Waals surface area contributed by atoms with E-state index < -0.39 is 0 Å². The Kier molecular flexibility index (Phi) is 5.73. The molecule has 0 amide bonds. The maximum absolute atomic E-state index is 5.76. The summed E-state index contributed by atoms with van der Waals surface area (Å²) in [7, 11) is 0. The van der Waals surface area contributed by atoms with Crippen molar-refractivity contribution in [2.24, 2.45) is 5.92 Å². The molecule has 4 nitrogen and oxygen atoms in total. The van der Waals surface area contributed by atoms with Crippen LogP contribution in [0.5, 0.6) is 0 Å². The lowest BCUT2D eigenvalue weighted by molar-refractivity contribution is -0.0885. The number of hydrogen-bond acceptors (Lipinski definition) is 4. The second-order valence-corrected chi connectivity index (χ2v) is 6.96. The SMILES string of the molecule is CC(C)CNCc1cccc(CN2CCOC(C)(C)C2)n1. The van der Waals surface area contributed by atoms with Crippen LogP contribution in [0.1, 0.15) is 39.1 Å². The van der Waals surface area contributed by atoms with Crippen molar-refractivity contribution in [1.82, 2.24) is 15.2 Å². The largest absolute Gasteiger partial charge is 0.373 e. The molecule has 1 aliphatic heterocycles. The fourth-order valence-electron chi connectivity index (χ4n) is 2.68. The molecule has 1 aromatic rings. The van der Waals surface area contributed by atoms with Gasteiger partial charge in [-0.2, -0.15) is 0 Å². The van der Waals surface area contributed by atoms with E-state index in [2.05, 4.69) is 56.1 Å². The molecule has 1 saturated heterocycles. The van der Waals surface area contributed by atoms with Gasteiger partial charge in [0.2, 0.25) is 0 Å². The summed E-state index contributed by atoms with van der Waals surface area (Å²) < 4.78 is 5.76. The van der Waals surface area contributed by atoms with Crippen molar-refractivity contribution in [3.63, 3.8) is 0 Å². The van der Waals surface area contributed by atoms with Crippen LogP contribution in [0, 0.1) is 5.92 Å². The molecule has 0 aliphatic carbocycles. The first-order valence-electron chi connectivity index (χ1n) is 7.96. The molecule has 0 atom stereocenters. The first kappa shape index (κ1) is 16.4. The molecule has 0 radical (unpaired) electrons. The summed E-state index contributed by atoms with van der Waals surface area (Å²) in [5, 5.41) is 3.45. The molecule has 2 heterocycles. The van der Waals surface area contributed by atoms with Gasteiger partial charge in [-0.15, -0.1) is 0 Å². The lowest BCUT2D eigenvalue weighted by Crippen LogP contribution is -2.47. The normalized spacial score (nSPS) is 19.1. The minimum absolute atomic E-state index is 0.0469. The number of rotatable bonds is 6. The highest BCUT2D eigenvalue weighted by atomic mass is 16.5. The highest BCUT2D eigenvalue weighted by molar-refractivity contribution is 5.11. The van der Waals surface area contributed by atoms with Crippen molar-refractivity contribution in [1.29, 1.82) is 0 Å². The van der Waals surface area contributed by atoms with Gasteiger partial charge >= 0.3 is 0 Å². The highest BCUT2D eigenvalue weighted by Crippen LogP contribution is 2.18. The average Bonchev–Trinajstić information content (AvgIpc) is 2.37. The Balaban J connectivity index is 1.88. The molecule has 1 N–H and O–H groups in total. The Morgan fingerprint density at radius 1 is 1.33 bits per heavy atom. The van der Waals surface area contributed by atoms with Crippen LogP contribution in [0.15, 0.2) is 18.2 Å². The summed E-state index contributed by atoms with van der Waals surface area (Å²) in [6, 6.07) is 6.33. The van der Waals surface area contributed by atoms with Crippen molar-refractivity contribution in [2.75, 3.05) is 26.2 Å². The van der Waals surface area contributed by atoms with E-state index in [0.717, 1.165) is 50.7 Å². The van der Waals surface area contributed by atoms with E-state index in [1.54, 1.807) is 0 Å². The van der Waals surface area contributed by atoms with Crippen LogP contribution in [0.25, 0.3) is 0 Å². The van der Waals surface area contributed by atoms with Crippen LogP contribution in [0.4, 0.5) is 0 Å². The molecule has 4 heteroatoms. The van der Waals surface area contributed by atoms with Gasteiger partial charge in [-0.3, -0.25) is 9.88 Å². The number of hydrogen-bond donors (Lipinski definition) is 1. The van der Waals surface area contributed by atoms with E-state index >= 15 is 0 Å². The Morgan fingerprint density at radius 2 is 2.10 bits per heavy atom. The number of nitrogens with zero attached hydrogens (tertiary/aromatic N) is 2. The van der Waals surface area contributed by atoms with E-state index in [0.29, 0.717) is 5.92 Å². The third-order valence-electron chi connectivity index (χ3n) is 3.61. The zero-order valence-corrected chi connectivity index (χ0v) is 13.9. The zero-order valence-electron chi connectivity index (χ0n) is 13.9. The number of pyridine rings is 1. The summed E-state index contributed by atoms with van der Waals surface area (Å²) in [4.78, 5) is 7.19. The molecule has 0 aromatic carbocycles. The molecular formula is C17H29N3O. The predicted molar refractivity (Wildman–Crippen MR) is 86.1 cm³/mol. The Hall–Kier alpha value is -0.970. The molecule has 1 aliphatic rings. The van der Waals surface area contributed by atoms with Crippen LogP contribution >= 0.6 is 0 Å². The summed E-state index contributed by atoms with van der Waals surface area (Å²) in [6.45, 7) is 14.3. The van der Waals surface area contributed by atoms with E-state index in [4.69, 9.17) is 9.72 Å². The van der Waals surface area contributed by atoms with Crippen molar-refractivity contribution < 1.29 is 4.74 Å². The summed E-state index contributed by atoms with van der Waals surface area (Å²) in [5.74, 6) is 0.670. The third kappa shape index (κ3) is 5.73. The van der Waals surface area contributed by atoms with Crippen molar-refractivity contribution in [3.8, 4) is 0 Å². The monoisotopic (exact) mass is 291 g/mol. The molecule has 0 spiro atoms. The van der Waals surface area contributed by atoms with E-state index in [-0.39, 0.29) is 5.60 Å². The number of aromatic nitrogens is 1. The molecular weight excluding hydrogens is 262 g/mol. The zero-order chi connectivity index (χ0) is 15.3. The maximum Gasteiger partial charge on any atom is 0.0753 e. The van der Waals surface area contributed by atoms with E-state index in [9.17, 15) is 0 Å². The Labute approximate surface area is 128 Å². The first-order chi connectivity index (χ1) is 9.94. The van der Waals surface area contributed by atoms with Crippen LogP contribution in [0.2, 0.25) is 0 Å². The van der Waals surface area contributed by atoms with Gasteiger partial charge in [-0.25, -0.2) is 0 Å². The lowest BCUT2D eigenvalue weighted by Gasteiger charge is -2.38. The predicted octanol–water partition coefficient (Wildman–Crippen LogP) is 2.44. The minimum Gasteiger partial charge on any atom is -0.373 e. The van der Waals surface area contributed by atoms with E-state index in [1.807, 2.05) is 0 Å². The molecule has 0 saturated carbocycles. The number of ether oxygens (including phenoxy) is 1. The molecule has 1 fully saturated rings. The van der Waals surface area contributed by atoms with Gasteiger partial charge in [0, 0.05) is 26.2 Å². The standard InChI is InChI=1S/C17H29N3O/c1-14(2)10-18-11-15-6-5-7-16(19-15)12-20-8-9-21-17(3,4)13-20/h5-7,14,18H,8-13H2,1-4H3. The summed E-state index contributed by atoms with van der Waals surface area (Å²) >= 11 is 0. The van der Waals surface area contributed by atoms with Crippen molar-refractivity contribution in [2.45, 2.75) is 46.4 Å². The van der Waals surface area contributed by atoms with Gasteiger partial charge in [-0.1, -0.05) is 19.9 Å². The van der Waals surface area contributed by atoms with Crippen LogP contribution in [0.3, 0.4) is 0 Å². The summed E-state index contributed by atoms with van der Waals surface area (Å²) in [6.07, 6.45) is 0. The summed E-state index contributed by atoms with van der Waals surface area (Å²) in [5.41, 5.74) is 2.23. The van der Waals surface area contributed by atoms with Gasteiger partial charge < -0.3 is 10.1 Å². The maximum atomic E-state index is 5.76. The van der Waals surface area contributed by atoms with Crippen LogP contribution in [-0.2, 0) is 17.8 Å². The van der Waals surface area contributed by atoms with Crippen LogP contribution < -0.4 is 5.32 Å². The van der Waals surface area contributed by atoms with Gasteiger partial charge in [0.05, 0.1) is 23.6 Å². The second-order valence-electron chi connectivity index (χ2n) is 6.96. The molecule has 1 aromatic heterocycles. The van der Waals surface area contributed by atoms with Gasteiger partial charge in [-0.05, 0) is 38.4 Å². The molecule has 0 unspecified atom stereocenters. The topological polar surface area (TPSA) is 37.4 Å². The number of morpholine rings is 1. The van der Waals surface area contributed by atoms with Crippen LogP contribution in [-0.4, -0.2) is 41.7 Å². The molecule has 2 rings (SSSR count). The first-order valence-corrected chi connectivity index (χ1v) is 7.96. The Bertz CT molecular complexity index is 445. The van der Waals surface area contributed by atoms with Crippen molar-refractivity contribution in [3.05, 3.63) is 29.6 Å². The molecule has 118 valence electrons. The molecule has 0 bridgehead atoms. The van der Waals surface area contributed by atoms with E-state index in [1.165, 1.54) is 0 Å². The lowest BCUT2D eigenvalue weighted by atomic mass is 10.1. The highest BCUT2D eigenvalue weighted by Gasteiger charge is 2.27. The molecule has 21 heavy (non-hydrogen) atoms. The average molecular weight is 291 g/mol. The fraction of sp³-hybridized carbons (Fsp3) is 0.706. The Morgan fingerprint density at radius 3 is 2.81 bits per heavy atom. The quantitative estimate of drug-likeness (QED) is 0.873.